The fraction of sp³-hybridized carbons (Fsp3) is 0.0435. The monoisotopic (exact) mass is 935 g/mol. The number of para-hydroxylation sites is 1. The maximum Gasteiger partial charge on any atom is 0.139 e. The third kappa shape index (κ3) is 5.71. The first kappa shape index (κ1) is 41.1. The van der Waals surface area contributed by atoms with Gasteiger partial charge in [-0.05, 0) is 122 Å². The summed E-state index contributed by atoms with van der Waals surface area (Å²) in [6.45, 7) is 2.37. The van der Waals surface area contributed by atoms with Gasteiger partial charge < -0.3 is 9.32 Å². The van der Waals surface area contributed by atoms with E-state index in [0.717, 1.165) is 39.0 Å². The first-order chi connectivity index (χ1) is 35.6. The fourth-order valence-electron chi connectivity index (χ4n) is 12.8. The number of hydrogen-bond acceptors (Lipinski definition) is 3. The number of hydrogen-bond donors (Lipinski definition) is 0. The van der Waals surface area contributed by atoms with Crippen LogP contribution in [0, 0.1) is 0 Å². The molecule has 338 valence electrons. The summed E-state index contributed by atoms with van der Waals surface area (Å²) < 4.78 is 9.69. The molecular weight excluding hydrogens is 891 g/mol. The summed E-state index contributed by atoms with van der Waals surface area (Å²) in [7, 11) is 0. The van der Waals surface area contributed by atoms with Crippen molar-refractivity contribution < 1.29 is 4.42 Å². The highest BCUT2D eigenvalue weighted by Gasteiger charge is 2.47. The van der Waals surface area contributed by atoms with E-state index in [1.165, 1.54) is 92.5 Å². The molecule has 0 N–H and O–H groups in total. The summed E-state index contributed by atoms with van der Waals surface area (Å²) in [6.07, 6.45) is 0. The Morgan fingerprint density at radius 3 is 1.60 bits per heavy atom. The standard InChI is InChI=1S/C69H45NOS/c1-68(59-29-12-8-22-51(59)52-23-9-13-30-60(52)68)62-32-17-27-56-58-42-48(39-41-64(58)71-66(56)62)70(47-36-34-44(35-37-47)50-26-16-28-57-55-25-11-15-33-65(55)72-67(50)57)49-38-40-54-53-24-10-14-31-61(53)69(63(54)43-49,45-18-4-2-5-19-45)46-20-6-3-7-21-46/h2-43H,1H3. The van der Waals surface area contributed by atoms with Crippen LogP contribution in [0.15, 0.2) is 259 Å². The topological polar surface area (TPSA) is 16.4 Å². The van der Waals surface area contributed by atoms with Gasteiger partial charge in [0.25, 0.3) is 0 Å². The van der Waals surface area contributed by atoms with Crippen LogP contribution in [-0.4, -0.2) is 0 Å². The average molecular weight is 936 g/mol. The van der Waals surface area contributed by atoms with Gasteiger partial charge in [-0.1, -0.05) is 206 Å². The summed E-state index contributed by atoms with van der Waals surface area (Å²) in [5.74, 6) is 0. The van der Waals surface area contributed by atoms with E-state index in [-0.39, 0.29) is 0 Å². The highest BCUT2D eigenvalue weighted by molar-refractivity contribution is 7.26. The lowest BCUT2D eigenvalue weighted by Gasteiger charge is -2.35. The SMILES string of the molecule is CC1(c2cccc3c2oc2ccc(N(c4ccc(-c5cccc6c5sc5ccccc56)cc4)c4ccc5c(c4)C(c4ccccc4)(c4ccccc4)c4ccccc4-5)cc23)c2ccccc2-c2ccccc21. The highest BCUT2D eigenvalue weighted by atomic mass is 32.1. The summed E-state index contributed by atoms with van der Waals surface area (Å²) >= 11 is 1.88. The maximum absolute atomic E-state index is 7.06. The summed E-state index contributed by atoms with van der Waals surface area (Å²) in [5.41, 5.74) is 20.4. The first-order valence-electron chi connectivity index (χ1n) is 24.9. The number of fused-ring (bicyclic) bond motifs is 12. The van der Waals surface area contributed by atoms with Gasteiger partial charge in [-0.2, -0.15) is 0 Å². The first-order valence-corrected chi connectivity index (χ1v) is 25.7. The second kappa shape index (κ2) is 15.6. The van der Waals surface area contributed by atoms with Gasteiger partial charge in [-0.3, -0.25) is 0 Å². The number of rotatable bonds is 7. The lowest BCUT2D eigenvalue weighted by molar-refractivity contribution is 0.638. The second-order valence-corrected chi connectivity index (χ2v) is 20.7. The lowest BCUT2D eigenvalue weighted by atomic mass is 9.67. The van der Waals surface area contributed by atoms with Crippen LogP contribution in [0.1, 0.15) is 45.9 Å². The number of furan rings is 1. The van der Waals surface area contributed by atoms with E-state index in [1.54, 1.807) is 0 Å². The molecule has 0 aliphatic heterocycles. The third-order valence-electron chi connectivity index (χ3n) is 16.0. The normalized spacial score (nSPS) is 13.8. The van der Waals surface area contributed by atoms with E-state index >= 15 is 0 Å². The molecule has 2 nitrogen and oxygen atoms in total. The van der Waals surface area contributed by atoms with Crippen molar-refractivity contribution in [1.82, 2.24) is 0 Å². The van der Waals surface area contributed by atoms with Crippen molar-refractivity contribution in [1.29, 1.82) is 0 Å². The number of anilines is 3. The number of nitrogens with zero attached hydrogens (tertiary/aromatic N) is 1. The minimum Gasteiger partial charge on any atom is -0.456 e. The Hall–Kier alpha value is -8.76. The molecule has 72 heavy (non-hydrogen) atoms. The zero-order valence-electron chi connectivity index (χ0n) is 39.5. The van der Waals surface area contributed by atoms with Gasteiger partial charge in [0, 0.05) is 59.0 Å². The molecule has 2 heterocycles. The smallest absolute Gasteiger partial charge is 0.139 e. The Labute approximate surface area is 422 Å². The van der Waals surface area contributed by atoms with E-state index in [2.05, 4.69) is 267 Å². The van der Waals surface area contributed by atoms with E-state index in [0.29, 0.717) is 0 Å². The van der Waals surface area contributed by atoms with Crippen molar-refractivity contribution >= 4 is 70.5 Å². The molecule has 0 saturated heterocycles. The van der Waals surface area contributed by atoms with Crippen LogP contribution in [0.25, 0.3) is 75.5 Å². The van der Waals surface area contributed by atoms with Gasteiger partial charge in [-0.25, -0.2) is 0 Å². The van der Waals surface area contributed by atoms with Gasteiger partial charge in [0.15, 0.2) is 0 Å². The molecule has 0 spiro atoms. The molecule has 2 aliphatic rings. The summed E-state index contributed by atoms with van der Waals surface area (Å²) in [4.78, 5) is 2.45. The largest absolute Gasteiger partial charge is 0.456 e. The number of benzene rings is 11. The molecule has 0 radical (unpaired) electrons. The van der Waals surface area contributed by atoms with Crippen LogP contribution in [-0.2, 0) is 10.8 Å². The molecule has 0 atom stereocenters. The van der Waals surface area contributed by atoms with Crippen LogP contribution in [0.5, 0.6) is 0 Å². The summed E-state index contributed by atoms with van der Waals surface area (Å²) in [6, 6.07) is 94.2. The minimum absolute atomic E-state index is 0.399. The highest BCUT2D eigenvalue weighted by Crippen LogP contribution is 2.58. The van der Waals surface area contributed by atoms with Crippen LogP contribution in [0.2, 0.25) is 0 Å². The zero-order valence-corrected chi connectivity index (χ0v) is 40.3. The van der Waals surface area contributed by atoms with Crippen molar-refractivity contribution in [3.63, 3.8) is 0 Å². The molecule has 0 bridgehead atoms. The van der Waals surface area contributed by atoms with Crippen molar-refractivity contribution in [3.05, 3.63) is 294 Å². The molecule has 0 unspecified atom stereocenters. The van der Waals surface area contributed by atoms with Crippen molar-refractivity contribution in [2.24, 2.45) is 0 Å². The van der Waals surface area contributed by atoms with Crippen LogP contribution in [0.3, 0.4) is 0 Å². The molecule has 11 aromatic carbocycles. The number of thiophene rings is 1. The van der Waals surface area contributed by atoms with Gasteiger partial charge in [-0.15, -0.1) is 11.3 Å². The van der Waals surface area contributed by atoms with E-state index in [4.69, 9.17) is 4.42 Å². The van der Waals surface area contributed by atoms with Crippen LogP contribution >= 0.6 is 11.3 Å². The Morgan fingerprint density at radius 2 is 0.875 bits per heavy atom. The minimum atomic E-state index is -0.544. The maximum atomic E-state index is 7.06. The lowest BCUT2D eigenvalue weighted by Crippen LogP contribution is -2.28. The van der Waals surface area contributed by atoms with Crippen molar-refractivity contribution in [2.75, 3.05) is 4.90 Å². The van der Waals surface area contributed by atoms with Gasteiger partial charge in [0.2, 0.25) is 0 Å². The Bertz CT molecular complexity index is 4210. The molecule has 2 aromatic heterocycles. The Balaban J connectivity index is 0.943. The third-order valence-corrected chi connectivity index (χ3v) is 17.3. The Morgan fingerprint density at radius 1 is 0.361 bits per heavy atom. The Kier molecular flexibility index (Phi) is 8.91. The van der Waals surface area contributed by atoms with E-state index in [9.17, 15) is 0 Å². The fourth-order valence-corrected chi connectivity index (χ4v) is 14.1. The van der Waals surface area contributed by atoms with Crippen molar-refractivity contribution in [3.8, 4) is 33.4 Å². The van der Waals surface area contributed by atoms with Gasteiger partial charge in [0.05, 0.1) is 5.41 Å². The predicted molar refractivity (Wildman–Crippen MR) is 301 cm³/mol. The van der Waals surface area contributed by atoms with Gasteiger partial charge in [0.1, 0.15) is 11.2 Å². The van der Waals surface area contributed by atoms with Crippen LogP contribution in [0.4, 0.5) is 17.1 Å². The van der Waals surface area contributed by atoms with E-state index < -0.39 is 10.8 Å². The van der Waals surface area contributed by atoms with E-state index in [1.807, 2.05) is 11.3 Å². The van der Waals surface area contributed by atoms with Gasteiger partial charge >= 0.3 is 0 Å². The molecular formula is C69H45NOS. The molecule has 13 aromatic rings. The second-order valence-electron chi connectivity index (χ2n) is 19.6. The van der Waals surface area contributed by atoms with Crippen LogP contribution < -0.4 is 4.90 Å². The predicted octanol–water partition coefficient (Wildman–Crippen LogP) is 18.8. The molecule has 0 amide bonds. The quantitative estimate of drug-likeness (QED) is 0.158. The average Bonchev–Trinajstić information content (AvgIpc) is 4.18. The summed E-state index contributed by atoms with van der Waals surface area (Å²) in [5, 5.41) is 4.81. The molecule has 0 fully saturated rings. The molecule has 3 heteroatoms. The zero-order chi connectivity index (χ0) is 47.5. The molecule has 2 aliphatic carbocycles. The molecule has 0 saturated carbocycles. The van der Waals surface area contributed by atoms with Crippen molar-refractivity contribution in [2.45, 2.75) is 17.8 Å². The molecule has 15 rings (SSSR count).